The zero-order chi connectivity index (χ0) is 21.5. The van der Waals surface area contributed by atoms with Gasteiger partial charge in [-0.25, -0.2) is 0 Å². The van der Waals surface area contributed by atoms with Crippen LogP contribution in [0.3, 0.4) is 0 Å². The minimum atomic E-state index is -0.797. The lowest BCUT2D eigenvalue weighted by atomic mass is 10.0. The standard InChI is InChI=1S/C25H26N2O3/c1-17-12-18(2)14-21(13-17)25(29)27-23(24(26)28)15-19-8-10-22(11-9-19)30-16-20-6-4-3-5-7-20/h3-14,23H,15-16H2,1-2H3,(H2,26,28)(H,27,29)/t23-/m0/s1. The lowest BCUT2D eigenvalue weighted by Crippen LogP contribution is -2.45. The number of aryl methyl sites for hydroxylation is 2. The Labute approximate surface area is 176 Å². The first-order valence-corrected chi connectivity index (χ1v) is 9.85. The van der Waals surface area contributed by atoms with E-state index < -0.39 is 11.9 Å². The molecule has 0 spiro atoms. The second kappa shape index (κ2) is 9.74. The zero-order valence-electron chi connectivity index (χ0n) is 17.2. The molecule has 0 bridgehead atoms. The van der Waals surface area contributed by atoms with Crippen LogP contribution in [0.4, 0.5) is 0 Å². The molecule has 0 saturated carbocycles. The van der Waals surface area contributed by atoms with Crippen LogP contribution in [0.5, 0.6) is 5.75 Å². The minimum absolute atomic E-state index is 0.310. The number of hydrogen-bond donors (Lipinski definition) is 2. The van der Waals surface area contributed by atoms with Gasteiger partial charge >= 0.3 is 0 Å². The molecule has 0 aliphatic rings. The van der Waals surface area contributed by atoms with Gasteiger partial charge in [0.2, 0.25) is 5.91 Å². The quantitative estimate of drug-likeness (QED) is 0.603. The predicted octanol–water partition coefficient (Wildman–Crippen LogP) is 3.71. The van der Waals surface area contributed by atoms with Crippen LogP contribution in [-0.2, 0) is 17.8 Å². The highest BCUT2D eigenvalue weighted by Crippen LogP contribution is 2.16. The largest absolute Gasteiger partial charge is 0.489 e. The van der Waals surface area contributed by atoms with E-state index in [2.05, 4.69) is 5.32 Å². The summed E-state index contributed by atoms with van der Waals surface area (Å²) < 4.78 is 5.78. The molecule has 1 atom stereocenters. The lowest BCUT2D eigenvalue weighted by Gasteiger charge is -2.16. The summed E-state index contributed by atoms with van der Waals surface area (Å²) >= 11 is 0. The third-order valence-electron chi connectivity index (χ3n) is 4.74. The fourth-order valence-electron chi connectivity index (χ4n) is 3.27. The Morgan fingerprint density at radius 2 is 1.53 bits per heavy atom. The van der Waals surface area contributed by atoms with Crippen LogP contribution in [0, 0.1) is 13.8 Å². The normalized spacial score (nSPS) is 11.5. The Morgan fingerprint density at radius 3 is 2.13 bits per heavy atom. The van der Waals surface area contributed by atoms with Gasteiger partial charge in [-0.2, -0.15) is 0 Å². The second-order valence-electron chi connectivity index (χ2n) is 7.43. The molecule has 3 N–H and O–H groups in total. The molecule has 3 rings (SSSR count). The highest BCUT2D eigenvalue weighted by molar-refractivity contribution is 5.97. The van der Waals surface area contributed by atoms with Crippen molar-refractivity contribution in [2.24, 2.45) is 5.73 Å². The number of nitrogens with two attached hydrogens (primary N) is 1. The monoisotopic (exact) mass is 402 g/mol. The summed E-state index contributed by atoms with van der Waals surface area (Å²) in [6.45, 7) is 4.34. The lowest BCUT2D eigenvalue weighted by molar-refractivity contribution is -0.119. The summed E-state index contributed by atoms with van der Waals surface area (Å²) in [7, 11) is 0. The van der Waals surface area contributed by atoms with Gasteiger partial charge in [0.1, 0.15) is 18.4 Å². The Bertz CT molecular complexity index is 994. The molecule has 5 heteroatoms. The molecule has 0 aliphatic carbocycles. The molecule has 30 heavy (non-hydrogen) atoms. The number of nitrogens with one attached hydrogen (secondary N) is 1. The van der Waals surface area contributed by atoms with Crippen molar-refractivity contribution in [3.05, 3.63) is 101 Å². The number of carbonyl (C=O) groups excluding carboxylic acids is 2. The molecule has 0 heterocycles. The van der Waals surface area contributed by atoms with E-state index in [4.69, 9.17) is 10.5 Å². The van der Waals surface area contributed by atoms with Gasteiger partial charge in [0.15, 0.2) is 0 Å². The van der Waals surface area contributed by atoms with Crippen LogP contribution in [0.1, 0.15) is 32.6 Å². The molecule has 0 fully saturated rings. The Kier molecular flexibility index (Phi) is 6.86. The SMILES string of the molecule is Cc1cc(C)cc(C(=O)N[C@@H](Cc2ccc(OCc3ccccc3)cc2)C(N)=O)c1. The molecule has 0 aliphatic heterocycles. The van der Waals surface area contributed by atoms with E-state index in [1.54, 1.807) is 12.1 Å². The van der Waals surface area contributed by atoms with Gasteiger partial charge in [-0.15, -0.1) is 0 Å². The molecular weight excluding hydrogens is 376 g/mol. The maximum Gasteiger partial charge on any atom is 0.251 e. The van der Waals surface area contributed by atoms with Gasteiger partial charge in [-0.05, 0) is 49.2 Å². The number of amides is 2. The van der Waals surface area contributed by atoms with Crippen molar-refractivity contribution in [2.75, 3.05) is 0 Å². The summed E-state index contributed by atoms with van der Waals surface area (Å²) in [5, 5.41) is 2.75. The van der Waals surface area contributed by atoms with Gasteiger partial charge in [-0.3, -0.25) is 9.59 Å². The van der Waals surface area contributed by atoms with Crippen molar-refractivity contribution in [1.29, 1.82) is 0 Å². The van der Waals surface area contributed by atoms with Crippen LogP contribution in [0.15, 0.2) is 72.8 Å². The van der Waals surface area contributed by atoms with Crippen molar-refractivity contribution in [1.82, 2.24) is 5.32 Å². The second-order valence-corrected chi connectivity index (χ2v) is 7.43. The van der Waals surface area contributed by atoms with E-state index >= 15 is 0 Å². The van der Waals surface area contributed by atoms with Crippen LogP contribution in [0.2, 0.25) is 0 Å². The van der Waals surface area contributed by atoms with Crippen LogP contribution >= 0.6 is 0 Å². The molecule has 0 unspecified atom stereocenters. The van der Waals surface area contributed by atoms with Gasteiger partial charge < -0.3 is 15.8 Å². The smallest absolute Gasteiger partial charge is 0.251 e. The maximum absolute atomic E-state index is 12.6. The summed E-state index contributed by atoms with van der Waals surface area (Å²) in [5.74, 6) is -0.150. The van der Waals surface area contributed by atoms with Crippen LogP contribution in [0.25, 0.3) is 0 Å². The first-order valence-electron chi connectivity index (χ1n) is 9.85. The van der Waals surface area contributed by atoms with E-state index in [0.29, 0.717) is 18.6 Å². The molecule has 3 aromatic carbocycles. The summed E-state index contributed by atoms with van der Waals surface area (Å²) in [5.41, 5.74) is 10.00. The third-order valence-corrected chi connectivity index (χ3v) is 4.74. The predicted molar refractivity (Wildman–Crippen MR) is 117 cm³/mol. The molecular formula is C25H26N2O3. The van der Waals surface area contributed by atoms with Crippen LogP contribution < -0.4 is 15.8 Å². The van der Waals surface area contributed by atoms with E-state index in [-0.39, 0.29) is 5.91 Å². The Balaban J connectivity index is 1.62. The fourth-order valence-corrected chi connectivity index (χ4v) is 3.27. The fraction of sp³-hybridized carbons (Fsp3) is 0.200. The molecule has 2 amide bonds. The van der Waals surface area contributed by atoms with Crippen molar-refractivity contribution < 1.29 is 14.3 Å². The number of primary amides is 1. The summed E-state index contributed by atoms with van der Waals surface area (Å²) in [6, 6.07) is 22.1. The molecule has 154 valence electrons. The number of carbonyl (C=O) groups is 2. The highest BCUT2D eigenvalue weighted by atomic mass is 16.5. The first-order chi connectivity index (χ1) is 14.4. The van der Waals surface area contributed by atoms with Gasteiger partial charge in [0, 0.05) is 12.0 Å². The number of hydrogen-bond acceptors (Lipinski definition) is 3. The summed E-state index contributed by atoms with van der Waals surface area (Å²) in [6.07, 6.45) is 0.310. The van der Waals surface area contributed by atoms with Crippen molar-refractivity contribution in [3.8, 4) is 5.75 Å². The topological polar surface area (TPSA) is 81.4 Å². The van der Waals surface area contributed by atoms with Crippen molar-refractivity contribution in [2.45, 2.75) is 32.9 Å². The number of benzene rings is 3. The minimum Gasteiger partial charge on any atom is -0.489 e. The molecule has 0 saturated heterocycles. The van der Waals surface area contributed by atoms with Gasteiger partial charge in [0.05, 0.1) is 0 Å². The van der Waals surface area contributed by atoms with E-state index in [1.807, 2.05) is 74.5 Å². The molecule has 0 radical (unpaired) electrons. The average Bonchev–Trinajstić information content (AvgIpc) is 2.72. The average molecular weight is 402 g/mol. The first kappa shape index (κ1) is 21.1. The van der Waals surface area contributed by atoms with Crippen molar-refractivity contribution in [3.63, 3.8) is 0 Å². The summed E-state index contributed by atoms with van der Waals surface area (Å²) in [4.78, 5) is 24.5. The van der Waals surface area contributed by atoms with Crippen LogP contribution in [-0.4, -0.2) is 17.9 Å². The zero-order valence-corrected chi connectivity index (χ0v) is 17.2. The van der Waals surface area contributed by atoms with Crippen molar-refractivity contribution >= 4 is 11.8 Å². The number of ether oxygens (including phenoxy) is 1. The van der Waals surface area contributed by atoms with E-state index in [0.717, 1.165) is 28.0 Å². The molecule has 5 nitrogen and oxygen atoms in total. The van der Waals surface area contributed by atoms with E-state index in [9.17, 15) is 9.59 Å². The molecule has 0 aromatic heterocycles. The van der Waals surface area contributed by atoms with Gasteiger partial charge in [-0.1, -0.05) is 59.7 Å². The third kappa shape index (κ3) is 5.95. The Morgan fingerprint density at radius 1 is 0.900 bits per heavy atom. The van der Waals surface area contributed by atoms with E-state index in [1.165, 1.54) is 0 Å². The Hall–Kier alpha value is -3.60. The maximum atomic E-state index is 12.6. The van der Waals surface area contributed by atoms with Gasteiger partial charge in [0.25, 0.3) is 5.91 Å². The number of rotatable bonds is 8. The highest BCUT2D eigenvalue weighted by Gasteiger charge is 2.20. The molecule has 3 aromatic rings.